The van der Waals surface area contributed by atoms with Gasteiger partial charge in [0.1, 0.15) is 12.1 Å². The first-order chi connectivity index (χ1) is 12.7. The van der Waals surface area contributed by atoms with E-state index >= 15 is 0 Å². The number of fused-ring (bicyclic) bond motifs is 1. The molecule has 1 amide bonds. The number of anilines is 1. The van der Waals surface area contributed by atoms with E-state index in [0.29, 0.717) is 17.5 Å². The molecule has 0 N–H and O–H groups in total. The highest BCUT2D eigenvalue weighted by atomic mass is 32.2. The largest absolute Gasteiger partial charge is 0.467 e. The van der Waals surface area contributed by atoms with Crippen molar-refractivity contribution in [2.45, 2.75) is 37.5 Å². The highest BCUT2D eigenvalue weighted by molar-refractivity contribution is 7.99. The Morgan fingerprint density at radius 1 is 1.31 bits per heavy atom. The Labute approximate surface area is 156 Å². The molecule has 26 heavy (non-hydrogen) atoms. The molecule has 0 fully saturated rings. The monoisotopic (exact) mass is 368 g/mol. The number of hydrogen-bond acceptors (Lipinski definition) is 5. The number of benzene rings is 1. The topological polar surface area (TPSA) is 64.2 Å². The van der Waals surface area contributed by atoms with Gasteiger partial charge in [-0.05, 0) is 43.5 Å². The normalized spacial score (nSPS) is 16.5. The second-order valence-electron chi connectivity index (χ2n) is 6.39. The Hall–Kier alpha value is -2.54. The molecular weight excluding hydrogens is 348 g/mol. The fourth-order valence-electron chi connectivity index (χ4n) is 3.30. The molecule has 134 valence electrons. The minimum absolute atomic E-state index is 0.0993. The van der Waals surface area contributed by atoms with E-state index in [2.05, 4.69) is 23.2 Å². The van der Waals surface area contributed by atoms with Gasteiger partial charge in [-0.1, -0.05) is 30.0 Å². The molecule has 0 saturated heterocycles. The molecule has 6 nitrogen and oxygen atoms in total. The number of carbonyl (C=O) groups is 1. The number of amides is 1. The summed E-state index contributed by atoms with van der Waals surface area (Å²) in [5.74, 6) is 1.26. The molecule has 3 heterocycles. The first-order valence-corrected chi connectivity index (χ1v) is 9.64. The fourth-order valence-corrected chi connectivity index (χ4v) is 4.07. The van der Waals surface area contributed by atoms with E-state index in [9.17, 15) is 4.79 Å². The number of thioether (sulfide) groups is 1. The van der Waals surface area contributed by atoms with Crippen LogP contribution in [0.15, 0.2) is 58.6 Å². The van der Waals surface area contributed by atoms with Crippen LogP contribution in [0.5, 0.6) is 0 Å². The van der Waals surface area contributed by atoms with Crippen molar-refractivity contribution in [1.82, 2.24) is 14.8 Å². The van der Waals surface area contributed by atoms with Gasteiger partial charge in [-0.2, -0.15) is 0 Å². The Bertz CT molecular complexity index is 891. The number of carbonyl (C=O) groups excluding carboxylic acids is 1. The second-order valence-corrected chi connectivity index (χ2v) is 7.33. The van der Waals surface area contributed by atoms with Crippen LogP contribution in [-0.4, -0.2) is 32.5 Å². The molecule has 2 aromatic heterocycles. The summed E-state index contributed by atoms with van der Waals surface area (Å²) in [4.78, 5) is 14.9. The summed E-state index contributed by atoms with van der Waals surface area (Å²) in [6.45, 7) is 2.66. The van der Waals surface area contributed by atoms with Gasteiger partial charge in [0, 0.05) is 11.7 Å². The first kappa shape index (κ1) is 16.9. The van der Waals surface area contributed by atoms with E-state index in [1.807, 2.05) is 39.8 Å². The number of aromatic nitrogens is 3. The van der Waals surface area contributed by atoms with Gasteiger partial charge in [-0.25, -0.2) is 0 Å². The molecule has 1 aromatic carbocycles. The third-order valence-electron chi connectivity index (χ3n) is 4.60. The fraction of sp³-hybridized carbons (Fsp3) is 0.316. The van der Waals surface area contributed by atoms with E-state index < -0.39 is 0 Å². The average Bonchev–Trinajstić information content (AvgIpc) is 3.32. The molecule has 0 bridgehead atoms. The highest BCUT2D eigenvalue weighted by Crippen LogP contribution is 2.31. The Morgan fingerprint density at radius 3 is 3.04 bits per heavy atom. The van der Waals surface area contributed by atoms with E-state index in [-0.39, 0.29) is 11.9 Å². The maximum atomic E-state index is 12.9. The minimum atomic E-state index is 0.0993. The number of furan rings is 1. The van der Waals surface area contributed by atoms with E-state index in [1.54, 1.807) is 12.6 Å². The zero-order valence-electron chi connectivity index (χ0n) is 14.5. The van der Waals surface area contributed by atoms with Crippen LogP contribution in [0.1, 0.15) is 24.7 Å². The molecule has 0 saturated carbocycles. The van der Waals surface area contributed by atoms with Gasteiger partial charge in [0.25, 0.3) is 0 Å². The minimum Gasteiger partial charge on any atom is -0.467 e. The van der Waals surface area contributed by atoms with Crippen LogP contribution < -0.4 is 4.90 Å². The molecule has 1 aliphatic rings. The summed E-state index contributed by atoms with van der Waals surface area (Å²) in [5, 5.41) is 8.83. The molecule has 0 unspecified atom stereocenters. The summed E-state index contributed by atoms with van der Waals surface area (Å²) in [7, 11) is 0. The predicted octanol–water partition coefficient (Wildman–Crippen LogP) is 3.38. The average molecular weight is 368 g/mol. The first-order valence-electron chi connectivity index (χ1n) is 8.65. The zero-order valence-corrected chi connectivity index (χ0v) is 15.4. The lowest BCUT2D eigenvalue weighted by Gasteiger charge is -2.35. The lowest BCUT2D eigenvalue weighted by atomic mass is 9.97. The number of hydrogen-bond donors (Lipinski definition) is 0. The molecule has 0 spiro atoms. The number of rotatable bonds is 5. The van der Waals surface area contributed by atoms with Gasteiger partial charge in [0.2, 0.25) is 5.91 Å². The van der Waals surface area contributed by atoms with Gasteiger partial charge >= 0.3 is 0 Å². The summed E-state index contributed by atoms with van der Waals surface area (Å²) in [6.07, 6.45) is 5.31. The van der Waals surface area contributed by atoms with E-state index in [0.717, 1.165) is 24.3 Å². The van der Waals surface area contributed by atoms with Crippen molar-refractivity contribution in [2.75, 3.05) is 10.7 Å². The number of para-hydroxylation sites is 1. The third kappa shape index (κ3) is 3.39. The van der Waals surface area contributed by atoms with Crippen LogP contribution in [0.3, 0.4) is 0 Å². The lowest BCUT2D eigenvalue weighted by molar-refractivity contribution is -0.116. The van der Waals surface area contributed by atoms with Gasteiger partial charge < -0.3 is 13.9 Å². The zero-order chi connectivity index (χ0) is 17.9. The molecule has 1 atom stereocenters. The maximum absolute atomic E-state index is 12.9. The molecule has 0 aliphatic carbocycles. The molecule has 4 rings (SSSR count). The van der Waals surface area contributed by atoms with Gasteiger partial charge in [-0.15, -0.1) is 10.2 Å². The van der Waals surface area contributed by atoms with Crippen LogP contribution >= 0.6 is 11.8 Å². The van der Waals surface area contributed by atoms with Crippen molar-refractivity contribution in [3.8, 4) is 0 Å². The van der Waals surface area contributed by atoms with Gasteiger partial charge in [0.15, 0.2) is 5.16 Å². The van der Waals surface area contributed by atoms with Crippen LogP contribution in [0.4, 0.5) is 5.69 Å². The number of nitrogens with zero attached hydrogens (tertiary/aromatic N) is 4. The maximum Gasteiger partial charge on any atom is 0.237 e. The third-order valence-corrected chi connectivity index (χ3v) is 5.57. The summed E-state index contributed by atoms with van der Waals surface area (Å²) in [5.41, 5.74) is 2.28. The SMILES string of the molecule is C[C@@H]1CCc2ccccc2N1C(=O)CSc1nncn1Cc1ccco1. The molecular formula is C19H20N4O2S. The van der Waals surface area contributed by atoms with Gasteiger partial charge in [-0.3, -0.25) is 4.79 Å². The van der Waals surface area contributed by atoms with Crippen molar-refractivity contribution in [2.24, 2.45) is 0 Å². The van der Waals surface area contributed by atoms with Crippen molar-refractivity contribution in [3.63, 3.8) is 0 Å². The smallest absolute Gasteiger partial charge is 0.237 e. The predicted molar refractivity (Wildman–Crippen MR) is 100 cm³/mol. The van der Waals surface area contributed by atoms with Crippen molar-refractivity contribution in [1.29, 1.82) is 0 Å². The van der Waals surface area contributed by atoms with Crippen LogP contribution in [0, 0.1) is 0 Å². The quantitative estimate of drug-likeness (QED) is 0.646. The summed E-state index contributed by atoms with van der Waals surface area (Å²) < 4.78 is 7.27. The van der Waals surface area contributed by atoms with Crippen LogP contribution in [-0.2, 0) is 17.8 Å². The van der Waals surface area contributed by atoms with Crippen molar-refractivity contribution < 1.29 is 9.21 Å². The van der Waals surface area contributed by atoms with Crippen LogP contribution in [0.25, 0.3) is 0 Å². The number of aryl methyl sites for hydroxylation is 1. The van der Waals surface area contributed by atoms with Crippen molar-refractivity contribution >= 4 is 23.4 Å². The Balaban J connectivity index is 1.46. The standard InChI is InChI=1S/C19H20N4O2S/c1-14-8-9-15-5-2-3-7-17(15)23(14)18(24)12-26-19-21-20-13-22(19)11-16-6-4-10-25-16/h2-7,10,13-14H,8-9,11-12H2,1H3/t14-/m1/s1. The summed E-state index contributed by atoms with van der Waals surface area (Å²) in [6, 6.07) is 12.1. The molecule has 0 radical (unpaired) electrons. The van der Waals surface area contributed by atoms with Crippen molar-refractivity contribution in [3.05, 3.63) is 60.3 Å². The second kappa shape index (κ2) is 7.37. The van der Waals surface area contributed by atoms with Crippen LogP contribution in [0.2, 0.25) is 0 Å². The lowest BCUT2D eigenvalue weighted by Crippen LogP contribution is -2.43. The highest BCUT2D eigenvalue weighted by Gasteiger charge is 2.28. The molecule has 1 aliphatic heterocycles. The Morgan fingerprint density at radius 2 is 2.19 bits per heavy atom. The Kier molecular flexibility index (Phi) is 4.79. The molecule has 3 aromatic rings. The van der Waals surface area contributed by atoms with E-state index in [4.69, 9.17) is 4.42 Å². The van der Waals surface area contributed by atoms with Gasteiger partial charge in [0.05, 0.1) is 18.6 Å². The molecule has 7 heteroatoms. The van der Waals surface area contributed by atoms with E-state index in [1.165, 1.54) is 17.3 Å². The summed E-state index contributed by atoms with van der Waals surface area (Å²) >= 11 is 1.41.